The second-order valence-electron chi connectivity index (χ2n) is 4.78. The van der Waals surface area contributed by atoms with Crippen LogP contribution in [0.5, 0.6) is 0 Å². The first-order valence-corrected chi connectivity index (χ1v) is 6.73. The van der Waals surface area contributed by atoms with Gasteiger partial charge < -0.3 is 11.1 Å². The smallest absolute Gasteiger partial charge is 0.269 e. The van der Waals surface area contributed by atoms with Crippen molar-refractivity contribution in [2.45, 2.75) is 25.7 Å². The molecule has 19 heavy (non-hydrogen) atoms. The zero-order valence-electron chi connectivity index (χ0n) is 11.0. The van der Waals surface area contributed by atoms with E-state index in [1.807, 2.05) is 0 Å². The van der Waals surface area contributed by atoms with Crippen molar-refractivity contribution in [1.82, 2.24) is 10.3 Å². The molecule has 0 radical (unpaired) electrons. The van der Waals surface area contributed by atoms with Crippen molar-refractivity contribution < 1.29 is 4.79 Å². The molecule has 0 spiro atoms. The van der Waals surface area contributed by atoms with Crippen molar-refractivity contribution in [1.29, 1.82) is 0 Å². The summed E-state index contributed by atoms with van der Waals surface area (Å²) in [6, 6.07) is 3.48. The highest BCUT2D eigenvalue weighted by atomic mass is 16.1. The molecular formula is C15H19N3O. The molecule has 2 rings (SSSR count). The molecule has 0 aliphatic heterocycles. The number of hydrogen-bond donors (Lipinski definition) is 2. The molecule has 4 heteroatoms. The number of rotatable bonds is 4. The number of hydrogen-bond acceptors (Lipinski definition) is 3. The lowest BCUT2D eigenvalue weighted by atomic mass is 9.83. The van der Waals surface area contributed by atoms with Gasteiger partial charge in [-0.2, -0.15) is 0 Å². The maximum Gasteiger partial charge on any atom is 0.269 e. The minimum absolute atomic E-state index is 0.113. The van der Waals surface area contributed by atoms with Crippen molar-refractivity contribution in [3.8, 4) is 11.8 Å². The highest BCUT2D eigenvalue weighted by Gasteiger charge is 2.17. The standard InChI is InChI=1S/C15H19N3O/c16-9-2-5-13-6-7-14(18-11-13)15(19)17-10-8-12-3-1-4-12/h6-7,11-12H,1,3-4,8-10,16H2,(H,17,19). The number of carbonyl (C=O) groups is 1. The molecule has 1 heterocycles. The Morgan fingerprint density at radius 1 is 1.47 bits per heavy atom. The van der Waals surface area contributed by atoms with Gasteiger partial charge in [0, 0.05) is 18.3 Å². The monoisotopic (exact) mass is 257 g/mol. The lowest BCUT2D eigenvalue weighted by Crippen LogP contribution is -2.28. The third-order valence-corrected chi connectivity index (χ3v) is 3.39. The van der Waals surface area contributed by atoms with E-state index >= 15 is 0 Å². The first kappa shape index (κ1) is 13.6. The quantitative estimate of drug-likeness (QED) is 0.799. The highest BCUT2D eigenvalue weighted by molar-refractivity contribution is 5.92. The van der Waals surface area contributed by atoms with Gasteiger partial charge in [-0.3, -0.25) is 4.79 Å². The molecule has 1 aliphatic carbocycles. The van der Waals surface area contributed by atoms with E-state index in [0.717, 1.165) is 24.4 Å². The molecule has 0 aromatic carbocycles. The minimum atomic E-state index is -0.113. The maximum atomic E-state index is 11.8. The van der Waals surface area contributed by atoms with Gasteiger partial charge in [0.05, 0.1) is 6.54 Å². The largest absolute Gasteiger partial charge is 0.351 e. The first-order valence-electron chi connectivity index (χ1n) is 6.73. The fraction of sp³-hybridized carbons (Fsp3) is 0.467. The first-order chi connectivity index (χ1) is 9.29. The molecule has 1 saturated carbocycles. The van der Waals surface area contributed by atoms with E-state index < -0.39 is 0 Å². The number of nitrogens with one attached hydrogen (secondary N) is 1. The maximum absolute atomic E-state index is 11.8. The summed E-state index contributed by atoms with van der Waals surface area (Å²) in [5, 5.41) is 2.90. The predicted octanol–water partition coefficient (Wildman–Crippen LogP) is 1.31. The Bertz CT molecular complexity index is 480. The van der Waals surface area contributed by atoms with Crippen molar-refractivity contribution in [2.24, 2.45) is 11.7 Å². The van der Waals surface area contributed by atoms with Crippen LogP contribution >= 0.6 is 0 Å². The second kappa shape index (κ2) is 6.91. The molecule has 3 N–H and O–H groups in total. The van der Waals surface area contributed by atoms with Gasteiger partial charge in [0.1, 0.15) is 5.69 Å². The van der Waals surface area contributed by atoms with Crippen molar-refractivity contribution in [3.05, 3.63) is 29.6 Å². The van der Waals surface area contributed by atoms with E-state index in [4.69, 9.17) is 5.73 Å². The summed E-state index contributed by atoms with van der Waals surface area (Å²) in [5.74, 6) is 6.32. The van der Waals surface area contributed by atoms with Gasteiger partial charge in [0.15, 0.2) is 0 Å². The fourth-order valence-electron chi connectivity index (χ4n) is 2.02. The lowest BCUT2D eigenvalue weighted by Gasteiger charge is -2.25. The van der Waals surface area contributed by atoms with Crippen LogP contribution in [-0.4, -0.2) is 24.0 Å². The topological polar surface area (TPSA) is 68.0 Å². The van der Waals surface area contributed by atoms with Crippen LogP contribution in [0, 0.1) is 17.8 Å². The Balaban J connectivity index is 1.81. The van der Waals surface area contributed by atoms with Gasteiger partial charge in [-0.1, -0.05) is 31.1 Å². The number of pyridine rings is 1. The summed E-state index contributed by atoms with van der Waals surface area (Å²) in [5.41, 5.74) is 6.50. The molecule has 0 atom stereocenters. The minimum Gasteiger partial charge on any atom is -0.351 e. The van der Waals surface area contributed by atoms with Crippen LogP contribution in [0.1, 0.15) is 41.7 Å². The van der Waals surface area contributed by atoms with E-state index in [1.54, 1.807) is 18.3 Å². The van der Waals surface area contributed by atoms with Gasteiger partial charge in [0.25, 0.3) is 5.91 Å². The zero-order chi connectivity index (χ0) is 13.5. The Labute approximate surface area is 113 Å². The molecule has 1 aliphatic rings. The van der Waals surface area contributed by atoms with Crippen molar-refractivity contribution in [3.63, 3.8) is 0 Å². The van der Waals surface area contributed by atoms with E-state index in [9.17, 15) is 4.79 Å². The third-order valence-electron chi connectivity index (χ3n) is 3.39. The van der Waals surface area contributed by atoms with Crippen LogP contribution < -0.4 is 11.1 Å². The number of nitrogens with two attached hydrogens (primary N) is 1. The number of amides is 1. The van der Waals surface area contributed by atoms with Gasteiger partial charge in [-0.15, -0.1) is 0 Å². The van der Waals surface area contributed by atoms with E-state index in [-0.39, 0.29) is 5.91 Å². The van der Waals surface area contributed by atoms with Gasteiger partial charge in [-0.05, 0) is 24.5 Å². The molecular weight excluding hydrogens is 238 g/mol. The average Bonchev–Trinajstić information content (AvgIpc) is 2.39. The van der Waals surface area contributed by atoms with E-state index in [2.05, 4.69) is 22.1 Å². The van der Waals surface area contributed by atoms with Crippen LogP contribution in [0.25, 0.3) is 0 Å². The van der Waals surface area contributed by atoms with Crippen LogP contribution in [0.4, 0.5) is 0 Å². The Kier molecular flexibility index (Phi) is 4.93. The van der Waals surface area contributed by atoms with Crippen LogP contribution in [0.2, 0.25) is 0 Å². The second-order valence-corrected chi connectivity index (χ2v) is 4.78. The summed E-state index contributed by atoms with van der Waals surface area (Å²) >= 11 is 0. The van der Waals surface area contributed by atoms with Gasteiger partial charge in [0.2, 0.25) is 0 Å². The molecule has 1 fully saturated rings. The zero-order valence-corrected chi connectivity index (χ0v) is 11.0. The summed E-state index contributed by atoms with van der Waals surface area (Å²) in [4.78, 5) is 15.9. The van der Waals surface area contributed by atoms with Gasteiger partial charge >= 0.3 is 0 Å². The SMILES string of the molecule is NCC#Cc1ccc(C(=O)NCCC2CCC2)nc1. The predicted molar refractivity (Wildman–Crippen MR) is 74.5 cm³/mol. The summed E-state index contributed by atoms with van der Waals surface area (Å²) in [6.45, 7) is 1.06. The molecule has 1 aromatic rings. The number of aromatic nitrogens is 1. The Morgan fingerprint density at radius 2 is 2.32 bits per heavy atom. The van der Waals surface area contributed by atoms with Crippen LogP contribution in [0.15, 0.2) is 18.3 Å². The molecule has 4 nitrogen and oxygen atoms in total. The Hall–Kier alpha value is -1.86. The summed E-state index contributed by atoms with van der Waals surface area (Å²) in [7, 11) is 0. The Morgan fingerprint density at radius 3 is 2.89 bits per heavy atom. The number of carbonyl (C=O) groups excluding carboxylic acids is 1. The number of nitrogens with zero attached hydrogens (tertiary/aromatic N) is 1. The molecule has 1 aromatic heterocycles. The average molecular weight is 257 g/mol. The fourth-order valence-corrected chi connectivity index (χ4v) is 2.02. The van der Waals surface area contributed by atoms with Crippen LogP contribution in [0.3, 0.4) is 0 Å². The van der Waals surface area contributed by atoms with E-state index in [0.29, 0.717) is 12.2 Å². The third kappa shape index (κ3) is 4.08. The van der Waals surface area contributed by atoms with E-state index in [1.165, 1.54) is 19.3 Å². The lowest BCUT2D eigenvalue weighted by molar-refractivity contribution is 0.0944. The summed E-state index contributed by atoms with van der Waals surface area (Å²) < 4.78 is 0. The molecule has 100 valence electrons. The van der Waals surface area contributed by atoms with Crippen molar-refractivity contribution in [2.75, 3.05) is 13.1 Å². The molecule has 0 bridgehead atoms. The molecule has 0 unspecified atom stereocenters. The van der Waals surface area contributed by atoms with Gasteiger partial charge in [-0.25, -0.2) is 4.98 Å². The van der Waals surface area contributed by atoms with Crippen LogP contribution in [-0.2, 0) is 0 Å². The molecule has 0 saturated heterocycles. The highest BCUT2D eigenvalue weighted by Crippen LogP contribution is 2.28. The van der Waals surface area contributed by atoms with Crippen molar-refractivity contribution >= 4 is 5.91 Å². The molecule has 1 amide bonds. The summed E-state index contributed by atoms with van der Waals surface area (Å²) in [6.07, 6.45) is 6.63. The normalized spacial score (nSPS) is 14.2.